The minimum atomic E-state index is 0.467. The van der Waals surface area contributed by atoms with Gasteiger partial charge < -0.3 is 9.84 Å². The molecule has 1 saturated heterocycles. The summed E-state index contributed by atoms with van der Waals surface area (Å²) in [5, 5.41) is 7.42. The van der Waals surface area contributed by atoms with Gasteiger partial charge in [-0.15, -0.1) is 0 Å². The Labute approximate surface area is 81.5 Å². The third-order valence-electron chi connectivity index (χ3n) is 2.03. The Bertz CT molecular complexity index is 270. The van der Waals surface area contributed by atoms with Gasteiger partial charge in [-0.2, -0.15) is 16.7 Å². The van der Waals surface area contributed by atoms with E-state index in [9.17, 15) is 0 Å². The van der Waals surface area contributed by atoms with Crippen LogP contribution >= 0.6 is 11.8 Å². The minimum absolute atomic E-state index is 0.467. The number of nitrogens with one attached hydrogen (secondary N) is 1. The molecular formula is C8H13N3OS. The summed E-state index contributed by atoms with van der Waals surface area (Å²) in [5.74, 6) is 2.78. The molecule has 1 atom stereocenters. The lowest BCUT2D eigenvalue weighted by molar-refractivity contribution is 0.366. The first-order chi connectivity index (χ1) is 6.40. The maximum atomic E-state index is 5.08. The van der Waals surface area contributed by atoms with Crippen molar-refractivity contribution in [3.63, 3.8) is 0 Å². The molecule has 2 heterocycles. The van der Waals surface area contributed by atoms with E-state index in [2.05, 4.69) is 15.5 Å². The van der Waals surface area contributed by atoms with Gasteiger partial charge in [0.15, 0.2) is 5.82 Å². The van der Waals surface area contributed by atoms with E-state index >= 15 is 0 Å². The number of hydrogen-bond acceptors (Lipinski definition) is 5. The molecule has 5 heteroatoms. The molecule has 1 fully saturated rings. The summed E-state index contributed by atoms with van der Waals surface area (Å²) >= 11 is 1.92. The van der Waals surface area contributed by atoms with Crippen LogP contribution in [0.15, 0.2) is 4.52 Å². The lowest BCUT2D eigenvalue weighted by Crippen LogP contribution is -2.05. The quantitative estimate of drug-likeness (QED) is 0.796. The second kappa shape index (κ2) is 4.11. The molecule has 0 amide bonds. The average Bonchev–Trinajstić information content (AvgIpc) is 2.70. The first-order valence-electron chi connectivity index (χ1n) is 4.49. The standard InChI is InChI=1S/C8H13N3OS/c1-9-5-7-10-8(11-12-7)6-3-2-4-13-6/h6,9H,2-5H2,1H3. The van der Waals surface area contributed by atoms with E-state index in [4.69, 9.17) is 4.52 Å². The average molecular weight is 199 g/mol. The predicted molar refractivity (Wildman–Crippen MR) is 51.5 cm³/mol. The Balaban J connectivity index is 2.03. The molecule has 1 unspecified atom stereocenters. The van der Waals surface area contributed by atoms with Crippen molar-refractivity contribution >= 4 is 11.8 Å². The molecule has 72 valence electrons. The second-order valence-corrected chi connectivity index (χ2v) is 4.39. The normalized spacial score (nSPS) is 22.4. The van der Waals surface area contributed by atoms with Crippen LogP contribution in [0.2, 0.25) is 0 Å². The summed E-state index contributed by atoms with van der Waals surface area (Å²) in [6, 6.07) is 0. The highest BCUT2D eigenvalue weighted by molar-refractivity contribution is 7.99. The number of hydrogen-bond donors (Lipinski definition) is 1. The van der Waals surface area contributed by atoms with Gasteiger partial charge in [-0.3, -0.25) is 0 Å². The van der Waals surface area contributed by atoms with Crippen molar-refractivity contribution in [2.75, 3.05) is 12.8 Å². The Morgan fingerprint density at radius 2 is 2.62 bits per heavy atom. The second-order valence-electron chi connectivity index (χ2n) is 3.08. The van der Waals surface area contributed by atoms with E-state index in [0.29, 0.717) is 17.7 Å². The maximum Gasteiger partial charge on any atom is 0.240 e. The van der Waals surface area contributed by atoms with Gasteiger partial charge in [-0.05, 0) is 25.6 Å². The minimum Gasteiger partial charge on any atom is -0.338 e. The number of nitrogens with zero attached hydrogens (tertiary/aromatic N) is 2. The lowest BCUT2D eigenvalue weighted by atomic mass is 10.2. The van der Waals surface area contributed by atoms with Crippen molar-refractivity contribution in [1.82, 2.24) is 15.5 Å². The first-order valence-corrected chi connectivity index (χ1v) is 5.53. The molecule has 0 bridgehead atoms. The smallest absolute Gasteiger partial charge is 0.240 e. The highest BCUT2D eigenvalue weighted by Crippen LogP contribution is 2.38. The zero-order valence-electron chi connectivity index (χ0n) is 7.62. The molecule has 0 aromatic carbocycles. The fraction of sp³-hybridized carbons (Fsp3) is 0.750. The van der Waals surface area contributed by atoms with Crippen LogP contribution in [-0.2, 0) is 6.54 Å². The molecule has 1 aliphatic rings. The van der Waals surface area contributed by atoms with E-state index in [0.717, 1.165) is 5.82 Å². The third kappa shape index (κ3) is 2.03. The molecule has 1 aromatic rings. The van der Waals surface area contributed by atoms with Crippen LogP contribution in [0.4, 0.5) is 0 Å². The van der Waals surface area contributed by atoms with E-state index in [1.165, 1.54) is 18.6 Å². The van der Waals surface area contributed by atoms with Crippen LogP contribution in [0.25, 0.3) is 0 Å². The summed E-state index contributed by atoms with van der Waals surface area (Å²) in [6.07, 6.45) is 2.45. The third-order valence-corrected chi connectivity index (χ3v) is 3.40. The van der Waals surface area contributed by atoms with Gasteiger partial charge in [0.05, 0.1) is 11.8 Å². The maximum absolute atomic E-state index is 5.08. The van der Waals surface area contributed by atoms with Gasteiger partial charge >= 0.3 is 0 Å². The van der Waals surface area contributed by atoms with E-state index in [1.807, 2.05) is 18.8 Å². The predicted octanol–water partition coefficient (Wildman–Crippen LogP) is 1.36. The number of aromatic nitrogens is 2. The highest BCUT2D eigenvalue weighted by atomic mass is 32.2. The zero-order chi connectivity index (χ0) is 9.10. The largest absolute Gasteiger partial charge is 0.338 e. The molecule has 0 radical (unpaired) electrons. The molecule has 2 rings (SSSR count). The molecule has 1 aliphatic heterocycles. The summed E-state index contributed by atoms with van der Waals surface area (Å²) in [4.78, 5) is 4.32. The molecule has 1 N–H and O–H groups in total. The fourth-order valence-corrected chi connectivity index (χ4v) is 2.60. The van der Waals surface area contributed by atoms with Crippen molar-refractivity contribution in [3.05, 3.63) is 11.7 Å². The molecule has 4 nitrogen and oxygen atoms in total. The molecular weight excluding hydrogens is 186 g/mol. The number of rotatable bonds is 3. The van der Waals surface area contributed by atoms with Gasteiger partial charge in [-0.25, -0.2) is 0 Å². The van der Waals surface area contributed by atoms with E-state index in [-0.39, 0.29) is 0 Å². The topological polar surface area (TPSA) is 51.0 Å². The van der Waals surface area contributed by atoms with Crippen molar-refractivity contribution < 1.29 is 4.52 Å². The van der Waals surface area contributed by atoms with Crippen LogP contribution in [0.5, 0.6) is 0 Å². The first kappa shape index (κ1) is 9.02. The van der Waals surface area contributed by atoms with Crippen molar-refractivity contribution in [2.45, 2.75) is 24.6 Å². The van der Waals surface area contributed by atoms with Crippen molar-refractivity contribution in [2.24, 2.45) is 0 Å². The lowest BCUT2D eigenvalue weighted by Gasteiger charge is -1.98. The van der Waals surface area contributed by atoms with Gasteiger partial charge in [0.2, 0.25) is 5.89 Å². The molecule has 0 spiro atoms. The molecule has 13 heavy (non-hydrogen) atoms. The van der Waals surface area contributed by atoms with E-state index in [1.54, 1.807) is 0 Å². The van der Waals surface area contributed by atoms with Crippen molar-refractivity contribution in [3.8, 4) is 0 Å². The SMILES string of the molecule is CNCc1nc(C2CCCS2)no1. The van der Waals surface area contributed by atoms with Crippen LogP contribution in [0.3, 0.4) is 0 Å². The Morgan fingerprint density at radius 3 is 3.31 bits per heavy atom. The molecule has 0 aliphatic carbocycles. The van der Waals surface area contributed by atoms with Crippen LogP contribution in [-0.4, -0.2) is 22.9 Å². The Kier molecular flexibility index (Phi) is 2.85. The van der Waals surface area contributed by atoms with Gasteiger partial charge in [0.25, 0.3) is 0 Å². The van der Waals surface area contributed by atoms with Crippen LogP contribution in [0.1, 0.15) is 29.8 Å². The van der Waals surface area contributed by atoms with Crippen molar-refractivity contribution in [1.29, 1.82) is 0 Å². The van der Waals surface area contributed by atoms with Crippen LogP contribution in [0, 0.1) is 0 Å². The van der Waals surface area contributed by atoms with Crippen LogP contribution < -0.4 is 5.32 Å². The molecule has 0 saturated carbocycles. The zero-order valence-corrected chi connectivity index (χ0v) is 8.43. The summed E-state index contributed by atoms with van der Waals surface area (Å²) < 4.78 is 5.08. The van der Waals surface area contributed by atoms with Gasteiger partial charge in [-0.1, -0.05) is 5.16 Å². The molecule has 1 aromatic heterocycles. The van der Waals surface area contributed by atoms with E-state index < -0.39 is 0 Å². The summed E-state index contributed by atoms with van der Waals surface area (Å²) in [5.41, 5.74) is 0. The van der Waals surface area contributed by atoms with Gasteiger partial charge in [0.1, 0.15) is 0 Å². The Morgan fingerprint density at radius 1 is 1.69 bits per heavy atom. The summed E-state index contributed by atoms with van der Waals surface area (Å²) in [7, 11) is 1.87. The van der Waals surface area contributed by atoms with Gasteiger partial charge in [0, 0.05) is 0 Å². The fourth-order valence-electron chi connectivity index (χ4n) is 1.40. The Hall–Kier alpha value is -0.550. The monoisotopic (exact) mass is 199 g/mol. The number of thioether (sulfide) groups is 1. The highest BCUT2D eigenvalue weighted by Gasteiger charge is 2.22. The summed E-state index contributed by atoms with van der Waals surface area (Å²) in [6.45, 7) is 0.657.